The quantitative estimate of drug-likeness (QED) is 0.474. The molecule has 0 bridgehead atoms. The highest BCUT2D eigenvalue weighted by molar-refractivity contribution is 8.02. The van der Waals surface area contributed by atoms with Crippen LogP contribution in [0.2, 0.25) is 0 Å². The van der Waals surface area contributed by atoms with Crippen LogP contribution in [-0.2, 0) is 14.4 Å². The van der Waals surface area contributed by atoms with Gasteiger partial charge in [-0.3, -0.25) is 14.4 Å². The van der Waals surface area contributed by atoms with Crippen molar-refractivity contribution in [2.75, 3.05) is 37.7 Å². The molecule has 5 atom stereocenters. The molecule has 0 aliphatic carbocycles. The van der Waals surface area contributed by atoms with Crippen LogP contribution in [0, 0.1) is 17.3 Å². The fourth-order valence-electron chi connectivity index (χ4n) is 7.93. The van der Waals surface area contributed by atoms with Gasteiger partial charge in [0.1, 0.15) is 11.8 Å². The van der Waals surface area contributed by atoms with E-state index in [-0.39, 0.29) is 36.3 Å². The average Bonchev–Trinajstić information content (AvgIpc) is 3.14. The summed E-state index contributed by atoms with van der Waals surface area (Å²) < 4.78 is 3.97. The van der Waals surface area contributed by atoms with Gasteiger partial charge in [0, 0.05) is 35.6 Å². The van der Waals surface area contributed by atoms with E-state index in [4.69, 9.17) is 4.74 Å². The van der Waals surface area contributed by atoms with E-state index < -0.39 is 32.9 Å². The van der Waals surface area contributed by atoms with E-state index in [9.17, 15) is 19.5 Å². The van der Waals surface area contributed by atoms with E-state index in [1.165, 1.54) is 0 Å². The molecule has 2 saturated heterocycles. The number of benzene rings is 1. The molecule has 3 amide bonds. The summed E-state index contributed by atoms with van der Waals surface area (Å²) in [7, 11) is 0. The van der Waals surface area contributed by atoms with Crippen molar-refractivity contribution in [2.24, 2.45) is 17.3 Å². The molecule has 1 unspecified atom stereocenters. The first kappa shape index (κ1) is 30.7. The fourth-order valence-corrected chi connectivity index (χ4v) is 10.1. The SMILES string of the molecule is CCOc1ccc(N2CC=C[C@]3(C)S[C@]45C=CCN(C(C)(C)CC(C)(C)C)C(=O)C4N(CCO)C(=O)[C@@H]5[C@@H]3C2=O)cc1. The number of hydrogen-bond donors (Lipinski definition) is 1. The van der Waals surface area contributed by atoms with E-state index in [1.807, 2.05) is 61.2 Å². The summed E-state index contributed by atoms with van der Waals surface area (Å²) >= 11 is 1.57. The average molecular weight is 596 g/mol. The van der Waals surface area contributed by atoms with Gasteiger partial charge in [-0.25, -0.2) is 0 Å². The van der Waals surface area contributed by atoms with Crippen LogP contribution in [0.4, 0.5) is 5.69 Å². The minimum absolute atomic E-state index is 0.0133. The lowest BCUT2D eigenvalue weighted by atomic mass is 9.74. The first-order chi connectivity index (χ1) is 19.7. The Balaban J connectivity index is 1.57. The van der Waals surface area contributed by atoms with Crippen LogP contribution in [-0.4, -0.2) is 86.6 Å². The highest BCUT2D eigenvalue weighted by atomic mass is 32.2. The Hall–Kier alpha value is -2.78. The highest BCUT2D eigenvalue weighted by Gasteiger charge is 2.74. The zero-order valence-electron chi connectivity index (χ0n) is 25.9. The van der Waals surface area contributed by atoms with Crippen LogP contribution in [0.5, 0.6) is 5.75 Å². The fraction of sp³-hybridized carbons (Fsp3) is 0.606. The van der Waals surface area contributed by atoms with Crippen molar-refractivity contribution in [1.29, 1.82) is 0 Å². The van der Waals surface area contributed by atoms with E-state index in [2.05, 4.69) is 40.7 Å². The zero-order valence-corrected chi connectivity index (χ0v) is 26.7. The number of hydrogen-bond acceptors (Lipinski definition) is 6. The van der Waals surface area contributed by atoms with E-state index >= 15 is 0 Å². The number of fused-ring (bicyclic) bond motifs is 2. The molecule has 228 valence electrons. The number of aliphatic hydroxyl groups excluding tert-OH is 1. The van der Waals surface area contributed by atoms with Crippen LogP contribution < -0.4 is 9.64 Å². The second-order valence-electron chi connectivity index (χ2n) is 13.9. The predicted molar refractivity (Wildman–Crippen MR) is 166 cm³/mol. The van der Waals surface area contributed by atoms with Gasteiger partial charge in [0.25, 0.3) is 0 Å². The Bertz CT molecular complexity index is 1300. The van der Waals surface area contributed by atoms with Gasteiger partial charge in [-0.2, -0.15) is 0 Å². The molecule has 5 rings (SSSR count). The lowest BCUT2D eigenvalue weighted by molar-refractivity contribution is -0.146. The summed E-state index contributed by atoms with van der Waals surface area (Å²) in [5.41, 5.74) is 0.259. The number of thioether (sulfide) groups is 1. The first-order valence-electron chi connectivity index (χ1n) is 15.0. The number of carbonyl (C=O) groups is 3. The number of anilines is 1. The summed E-state index contributed by atoms with van der Waals surface area (Å²) in [6, 6.07) is 6.64. The lowest BCUT2D eigenvalue weighted by Gasteiger charge is -2.44. The lowest BCUT2D eigenvalue weighted by Crippen LogP contribution is -2.59. The van der Waals surface area contributed by atoms with E-state index in [0.29, 0.717) is 19.7 Å². The third-order valence-corrected chi connectivity index (χ3v) is 10.8. The van der Waals surface area contributed by atoms with Crippen molar-refractivity contribution >= 4 is 35.2 Å². The van der Waals surface area contributed by atoms with Gasteiger partial charge in [0.05, 0.1) is 29.8 Å². The third kappa shape index (κ3) is 4.96. The molecule has 1 aromatic carbocycles. The standard InChI is InChI=1S/C33H45N3O5S/c1-8-41-23-13-11-22(12-14-23)34-17-9-15-32(7)24(27(34)38)25-28(39)35(19-20-37)26-29(40)36(18-10-16-33(25,26)42-32)31(5,6)21-30(2,3)4/h9-16,24-26,37H,8,17-21H2,1-7H3/t24-,25+,26?,32+,33+/m1/s1. The van der Waals surface area contributed by atoms with Gasteiger partial charge in [-0.1, -0.05) is 45.1 Å². The minimum Gasteiger partial charge on any atom is -0.494 e. The first-order valence-corrected chi connectivity index (χ1v) is 15.8. The number of aliphatic hydroxyl groups is 1. The Morgan fingerprint density at radius 1 is 0.952 bits per heavy atom. The molecule has 0 aromatic heterocycles. The number of rotatable bonds is 7. The van der Waals surface area contributed by atoms with Crippen LogP contribution in [0.1, 0.15) is 54.9 Å². The molecule has 1 spiro atoms. The maximum absolute atomic E-state index is 14.6. The summed E-state index contributed by atoms with van der Waals surface area (Å²) in [5, 5.41) is 10.0. The highest BCUT2D eigenvalue weighted by Crippen LogP contribution is 2.65. The molecule has 9 heteroatoms. The number of amides is 3. The largest absolute Gasteiger partial charge is 0.494 e. The van der Waals surface area contributed by atoms with Gasteiger partial charge < -0.3 is 24.5 Å². The number of β-amino-alcohol motifs (C(OH)–C–C–N with tert-alkyl or cyclic N) is 1. The molecule has 4 heterocycles. The maximum Gasteiger partial charge on any atom is 0.247 e. The van der Waals surface area contributed by atoms with Crippen molar-refractivity contribution in [2.45, 2.75) is 76.0 Å². The third-order valence-electron chi connectivity index (χ3n) is 9.05. The van der Waals surface area contributed by atoms with Gasteiger partial charge in [0.15, 0.2) is 0 Å². The molecule has 4 aliphatic rings. The van der Waals surface area contributed by atoms with Crippen molar-refractivity contribution in [3.05, 3.63) is 48.6 Å². The van der Waals surface area contributed by atoms with Crippen molar-refractivity contribution < 1.29 is 24.2 Å². The second kappa shape index (κ2) is 10.7. The van der Waals surface area contributed by atoms with Crippen LogP contribution in [0.25, 0.3) is 0 Å². The molecule has 4 aliphatic heterocycles. The van der Waals surface area contributed by atoms with Crippen molar-refractivity contribution in [1.82, 2.24) is 9.80 Å². The zero-order chi connectivity index (χ0) is 30.7. The summed E-state index contributed by atoms with van der Waals surface area (Å²) in [4.78, 5) is 48.7. The summed E-state index contributed by atoms with van der Waals surface area (Å²) in [6.45, 7) is 15.8. The van der Waals surface area contributed by atoms with E-state index in [0.717, 1.165) is 17.9 Å². The van der Waals surface area contributed by atoms with Crippen LogP contribution in [0.3, 0.4) is 0 Å². The number of likely N-dealkylation sites (tertiary alicyclic amines) is 1. The van der Waals surface area contributed by atoms with Crippen LogP contribution >= 0.6 is 11.8 Å². The normalized spacial score (nSPS) is 31.2. The molecular weight excluding hydrogens is 550 g/mol. The topological polar surface area (TPSA) is 90.4 Å². The van der Waals surface area contributed by atoms with Crippen molar-refractivity contribution in [3.8, 4) is 5.75 Å². The van der Waals surface area contributed by atoms with Gasteiger partial charge in [-0.15, -0.1) is 11.8 Å². The summed E-state index contributed by atoms with van der Waals surface area (Å²) in [6.07, 6.45) is 8.90. The minimum atomic E-state index is -0.933. The van der Waals surface area contributed by atoms with Gasteiger partial charge in [-0.05, 0) is 63.8 Å². The Labute approximate surface area is 254 Å². The molecule has 42 heavy (non-hydrogen) atoms. The molecule has 0 radical (unpaired) electrons. The monoisotopic (exact) mass is 595 g/mol. The second-order valence-corrected chi connectivity index (χ2v) is 15.7. The van der Waals surface area contributed by atoms with Gasteiger partial charge in [0.2, 0.25) is 17.7 Å². The number of ether oxygens (including phenoxy) is 1. The van der Waals surface area contributed by atoms with E-state index in [1.54, 1.807) is 21.6 Å². The predicted octanol–water partition coefficient (Wildman–Crippen LogP) is 4.28. The molecule has 8 nitrogen and oxygen atoms in total. The van der Waals surface area contributed by atoms with Gasteiger partial charge >= 0.3 is 0 Å². The summed E-state index contributed by atoms with van der Waals surface area (Å²) in [5.74, 6) is -1.18. The molecular formula is C33H45N3O5S. The molecule has 1 aromatic rings. The Kier molecular flexibility index (Phi) is 7.84. The molecule has 0 saturated carbocycles. The molecule has 1 N–H and O–H groups in total. The van der Waals surface area contributed by atoms with Crippen LogP contribution in [0.15, 0.2) is 48.6 Å². The number of carbonyl (C=O) groups excluding carboxylic acids is 3. The smallest absolute Gasteiger partial charge is 0.247 e. The van der Waals surface area contributed by atoms with Crippen molar-refractivity contribution in [3.63, 3.8) is 0 Å². The number of nitrogens with zero attached hydrogens (tertiary/aromatic N) is 3. The maximum atomic E-state index is 14.6. The molecule has 2 fully saturated rings. The Morgan fingerprint density at radius 3 is 2.24 bits per heavy atom. The Morgan fingerprint density at radius 2 is 1.62 bits per heavy atom.